The van der Waals surface area contributed by atoms with Gasteiger partial charge in [-0.3, -0.25) is 9.59 Å². The lowest BCUT2D eigenvalue weighted by atomic mass is 9.63. The van der Waals surface area contributed by atoms with Crippen molar-refractivity contribution in [3.63, 3.8) is 0 Å². The predicted octanol–water partition coefficient (Wildman–Crippen LogP) is 5.31. The highest BCUT2D eigenvalue weighted by Gasteiger charge is 2.45. The lowest BCUT2D eigenvalue weighted by molar-refractivity contribution is -0.125. The maximum absolute atomic E-state index is 13.6. The fourth-order valence-corrected chi connectivity index (χ4v) is 5.91. The van der Waals surface area contributed by atoms with Crippen LogP contribution in [0.5, 0.6) is 0 Å². The summed E-state index contributed by atoms with van der Waals surface area (Å²) in [5.74, 6) is -0.839. The summed E-state index contributed by atoms with van der Waals surface area (Å²) >= 11 is 6.14. The molecule has 0 aliphatic heterocycles. The van der Waals surface area contributed by atoms with Gasteiger partial charge in [-0.15, -0.1) is 0 Å². The number of rotatable bonds is 9. The third kappa shape index (κ3) is 6.49. The van der Waals surface area contributed by atoms with E-state index in [1.807, 2.05) is 54.6 Å². The van der Waals surface area contributed by atoms with Crippen molar-refractivity contribution in [1.29, 1.82) is 0 Å². The molecule has 3 atom stereocenters. The second-order valence-electron chi connectivity index (χ2n) is 10.4. The third-order valence-corrected chi connectivity index (χ3v) is 8.02. The molecule has 1 heterocycles. The molecule has 1 aliphatic carbocycles. The lowest BCUT2D eigenvalue weighted by Crippen LogP contribution is -2.56. The number of nitrogens with one attached hydrogen (secondary N) is 2. The number of pyridine rings is 1. The molecule has 0 spiro atoms. The first-order valence-electron chi connectivity index (χ1n) is 13.1. The number of hydrogen-bond donors (Lipinski definition) is 3. The second-order valence-corrected chi connectivity index (χ2v) is 10.8. The molecule has 3 aromatic rings. The fraction of sp³-hybridized carbons (Fsp3) is 0.433. The summed E-state index contributed by atoms with van der Waals surface area (Å²) < 4.78 is 0. The molecule has 1 aromatic heterocycles. The minimum atomic E-state index is -0.901. The third-order valence-electron chi connectivity index (χ3n) is 7.77. The van der Waals surface area contributed by atoms with Gasteiger partial charge in [0.05, 0.1) is 17.7 Å². The van der Waals surface area contributed by atoms with Crippen molar-refractivity contribution in [1.82, 2.24) is 15.6 Å². The number of para-hydroxylation sites is 1. The molecule has 0 bridgehead atoms. The molecule has 2 amide bonds. The molecule has 6 nitrogen and oxygen atoms in total. The number of carbonyl (C=O) groups excluding carboxylic acids is 2. The summed E-state index contributed by atoms with van der Waals surface area (Å²) in [7, 11) is 1.60. The number of halogens is 1. The van der Waals surface area contributed by atoms with E-state index < -0.39 is 18.1 Å². The van der Waals surface area contributed by atoms with Gasteiger partial charge in [-0.25, -0.2) is 4.98 Å². The maximum atomic E-state index is 13.6. The second kappa shape index (κ2) is 12.1. The molecule has 2 aromatic carbocycles. The zero-order valence-corrected chi connectivity index (χ0v) is 22.3. The average molecular weight is 522 g/mol. The Morgan fingerprint density at radius 2 is 1.73 bits per heavy atom. The Bertz CT molecular complexity index is 1220. The van der Waals surface area contributed by atoms with Gasteiger partial charge in [0, 0.05) is 23.4 Å². The van der Waals surface area contributed by atoms with E-state index in [2.05, 4.69) is 15.6 Å². The van der Waals surface area contributed by atoms with Gasteiger partial charge in [-0.2, -0.15) is 0 Å². The molecule has 7 heteroatoms. The summed E-state index contributed by atoms with van der Waals surface area (Å²) in [6.07, 6.45) is 4.96. The molecule has 4 rings (SSSR count). The van der Waals surface area contributed by atoms with Crippen LogP contribution in [0.1, 0.15) is 61.5 Å². The molecule has 1 fully saturated rings. The number of nitrogens with zero attached hydrogens (tertiary/aromatic N) is 1. The van der Waals surface area contributed by atoms with Crippen molar-refractivity contribution in [2.45, 2.75) is 64.0 Å². The monoisotopic (exact) mass is 521 g/mol. The maximum Gasteiger partial charge on any atom is 0.270 e. The van der Waals surface area contributed by atoms with Crippen LogP contribution >= 0.6 is 11.6 Å². The van der Waals surface area contributed by atoms with Crippen molar-refractivity contribution in [3.05, 3.63) is 76.9 Å². The van der Waals surface area contributed by atoms with Gasteiger partial charge in [0.1, 0.15) is 5.69 Å². The van der Waals surface area contributed by atoms with E-state index in [1.165, 1.54) is 0 Å². The Kier molecular flexibility index (Phi) is 8.83. The van der Waals surface area contributed by atoms with Crippen molar-refractivity contribution in [2.75, 3.05) is 7.05 Å². The van der Waals surface area contributed by atoms with E-state index in [0.29, 0.717) is 17.1 Å². The van der Waals surface area contributed by atoms with Crippen LogP contribution < -0.4 is 10.6 Å². The van der Waals surface area contributed by atoms with E-state index in [0.717, 1.165) is 48.6 Å². The summed E-state index contributed by atoms with van der Waals surface area (Å²) in [6, 6.07) is 18.5. The number of amides is 2. The SMILES string of the molecule is CNC(=O)C(C)C[C@H](O)C(NC(=O)c1ccc2ccccc2n1)C1(Cc2ccc(Cl)cc2)CCCCC1. The van der Waals surface area contributed by atoms with Crippen LogP contribution in [-0.4, -0.2) is 41.1 Å². The summed E-state index contributed by atoms with van der Waals surface area (Å²) in [5.41, 5.74) is 1.81. The Balaban J connectivity index is 1.68. The van der Waals surface area contributed by atoms with E-state index in [9.17, 15) is 14.7 Å². The highest BCUT2D eigenvalue weighted by atomic mass is 35.5. The number of aliphatic hydroxyl groups is 1. The Labute approximate surface area is 223 Å². The smallest absolute Gasteiger partial charge is 0.270 e. The number of benzene rings is 2. The summed E-state index contributed by atoms with van der Waals surface area (Å²) in [5, 5.41) is 19.1. The van der Waals surface area contributed by atoms with Crippen LogP contribution in [0.15, 0.2) is 60.7 Å². The van der Waals surface area contributed by atoms with Crippen LogP contribution in [-0.2, 0) is 11.2 Å². The zero-order chi connectivity index (χ0) is 26.4. The number of aliphatic hydroxyl groups excluding tert-OH is 1. The van der Waals surface area contributed by atoms with Gasteiger partial charge in [-0.05, 0) is 60.9 Å². The Hall–Kier alpha value is -2.96. The van der Waals surface area contributed by atoms with Crippen LogP contribution in [0.25, 0.3) is 10.9 Å². The van der Waals surface area contributed by atoms with Crippen molar-refractivity contribution < 1.29 is 14.7 Å². The minimum absolute atomic E-state index is 0.129. The van der Waals surface area contributed by atoms with Gasteiger partial charge in [0.25, 0.3) is 5.91 Å². The van der Waals surface area contributed by atoms with E-state index in [4.69, 9.17) is 11.6 Å². The molecule has 0 radical (unpaired) electrons. The van der Waals surface area contributed by atoms with Crippen LogP contribution in [0, 0.1) is 11.3 Å². The van der Waals surface area contributed by atoms with Crippen molar-refractivity contribution >= 4 is 34.3 Å². The first kappa shape index (κ1) is 27.1. The van der Waals surface area contributed by atoms with Gasteiger partial charge in [0.2, 0.25) is 5.91 Å². The van der Waals surface area contributed by atoms with Crippen molar-refractivity contribution in [2.24, 2.45) is 11.3 Å². The summed E-state index contributed by atoms with van der Waals surface area (Å²) in [4.78, 5) is 30.4. The fourth-order valence-electron chi connectivity index (χ4n) is 5.78. The number of fused-ring (bicyclic) bond motifs is 1. The topological polar surface area (TPSA) is 91.3 Å². The number of hydrogen-bond acceptors (Lipinski definition) is 4. The quantitative estimate of drug-likeness (QED) is 0.356. The zero-order valence-electron chi connectivity index (χ0n) is 21.5. The molecule has 0 saturated heterocycles. The lowest BCUT2D eigenvalue weighted by Gasteiger charge is -2.46. The number of carbonyl (C=O) groups is 2. The molecule has 2 unspecified atom stereocenters. The molecular weight excluding hydrogens is 486 g/mol. The Morgan fingerprint density at radius 3 is 2.43 bits per heavy atom. The molecule has 1 aliphatic rings. The molecule has 196 valence electrons. The van der Waals surface area contributed by atoms with Crippen LogP contribution in [0.4, 0.5) is 0 Å². The van der Waals surface area contributed by atoms with E-state index in [-0.39, 0.29) is 23.7 Å². The Morgan fingerprint density at radius 1 is 1.03 bits per heavy atom. The molecule has 37 heavy (non-hydrogen) atoms. The van der Waals surface area contributed by atoms with Crippen LogP contribution in [0.2, 0.25) is 5.02 Å². The normalized spacial score (nSPS) is 17.5. The molecule has 1 saturated carbocycles. The number of aromatic nitrogens is 1. The average Bonchev–Trinajstić information content (AvgIpc) is 2.92. The van der Waals surface area contributed by atoms with Gasteiger partial charge in [-0.1, -0.05) is 74.2 Å². The molecule has 3 N–H and O–H groups in total. The predicted molar refractivity (Wildman–Crippen MR) is 148 cm³/mol. The molecular formula is C30H36ClN3O3. The van der Waals surface area contributed by atoms with E-state index >= 15 is 0 Å². The minimum Gasteiger partial charge on any atom is -0.391 e. The van der Waals surface area contributed by atoms with Gasteiger partial charge in [0.15, 0.2) is 0 Å². The highest BCUT2D eigenvalue weighted by molar-refractivity contribution is 6.30. The highest BCUT2D eigenvalue weighted by Crippen LogP contribution is 2.44. The van der Waals surface area contributed by atoms with Crippen molar-refractivity contribution in [3.8, 4) is 0 Å². The van der Waals surface area contributed by atoms with Gasteiger partial charge < -0.3 is 15.7 Å². The summed E-state index contributed by atoms with van der Waals surface area (Å²) in [6.45, 7) is 1.80. The first-order valence-corrected chi connectivity index (χ1v) is 13.5. The standard InChI is InChI=1S/C30H36ClN3O3/c1-20(28(36)32-2)18-26(35)27(34-29(37)25-15-12-22-8-4-5-9-24(22)33-25)30(16-6-3-7-17-30)19-21-10-13-23(31)14-11-21/h4-5,8-15,20,26-27,35H,3,6-7,16-19H2,1-2H3,(H,32,36)(H,34,37)/t20?,26-,27?/m0/s1. The van der Waals surface area contributed by atoms with E-state index in [1.54, 1.807) is 20.0 Å². The van der Waals surface area contributed by atoms with Gasteiger partial charge >= 0.3 is 0 Å². The first-order chi connectivity index (χ1) is 17.8. The van der Waals surface area contributed by atoms with Crippen LogP contribution in [0.3, 0.4) is 0 Å². The largest absolute Gasteiger partial charge is 0.391 e.